The van der Waals surface area contributed by atoms with Crippen molar-refractivity contribution in [3.63, 3.8) is 0 Å². The van der Waals surface area contributed by atoms with E-state index in [9.17, 15) is 14.9 Å². The quantitative estimate of drug-likeness (QED) is 0.0970. The third kappa shape index (κ3) is 20.1. The van der Waals surface area contributed by atoms with E-state index in [4.69, 9.17) is 16.2 Å². The van der Waals surface area contributed by atoms with Crippen LogP contribution in [0.2, 0.25) is 0 Å². The topological polar surface area (TPSA) is 266 Å². The van der Waals surface area contributed by atoms with Gasteiger partial charge in [-0.05, 0) is 110 Å². The molecule has 6 aromatic rings. The van der Waals surface area contributed by atoms with Crippen LogP contribution in [0.3, 0.4) is 0 Å². The number of carbonyl (C=O) groups excluding carboxylic acids is 1. The molecule has 6 heterocycles. The molecule has 0 aliphatic carbocycles. The molecule has 0 unspecified atom stereocenters. The number of likely N-dealkylation sites (tertiary alicyclic amines) is 2. The molecule has 0 bridgehead atoms. The Balaban J connectivity index is 0.000000226. The predicted octanol–water partition coefficient (Wildman–Crippen LogP) is 5.37. The molecule has 4 N–H and O–H groups in total. The number of hydrogen-bond donors (Lipinski definition) is 3. The molecule has 21 nitrogen and oxygen atoms in total. The first-order chi connectivity index (χ1) is 36.9. The zero-order valence-electron chi connectivity index (χ0n) is 44.8. The number of carboxylic acid groups (broad SMARTS) is 1. The molecule has 2 aliphatic rings. The number of nitrogens with two attached hydrogens (primary N) is 1. The molecule has 21 heteroatoms. The molecule has 2 saturated heterocycles. The van der Waals surface area contributed by atoms with Crippen molar-refractivity contribution in [2.24, 2.45) is 22.7 Å². The Labute approximate surface area is 451 Å². The van der Waals surface area contributed by atoms with E-state index in [-0.39, 0.29) is 40.2 Å². The Kier molecular flexibility index (Phi) is 21.1. The summed E-state index contributed by atoms with van der Waals surface area (Å²) >= 11 is 0. The van der Waals surface area contributed by atoms with Gasteiger partial charge in [0, 0.05) is 55.6 Å². The van der Waals surface area contributed by atoms with Gasteiger partial charge in [-0.2, -0.15) is 10.5 Å². The normalized spacial score (nSPS) is 14.0. The highest BCUT2D eigenvalue weighted by molar-refractivity contribution is 5.86. The first-order valence-corrected chi connectivity index (χ1v) is 25.5. The molecule has 1 amide bonds. The highest BCUT2D eigenvalue weighted by atomic mass is 16.4. The van der Waals surface area contributed by atoms with Crippen LogP contribution in [0.4, 0.5) is 11.6 Å². The van der Waals surface area contributed by atoms with E-state index in [1.54, 1.807) is 12.4 Å². The third-order valence-electron chi connectivity index (χ3n) is 12.2. The average molecular weight is 1040 g/mol. The van der Waals surface area contributed by atoms with Crippen molar-refractivity contribution in [3.8, 4) is 35.8 Å². The van der Waals surface area contributed by atoms with E-state index >= 15 is 0 Å². The summed E-state index contributed by atoms with van der Waals surface area (Å²) in [6, 6.07) is 24.2. The summed E-state index contributed by atoms with van der Waals surface area (Å²) in [6.07, 6.45) is 12.0. The molecule has 0 radical (unpaired) electrons. The number of aliphatic carboxylic acids is 1. The second-order valence-electron chi connectivity index (χ2n) is 21.2. The molecule has 2 fully saturated rings. The summed E-state index contributed by atoms with van der Waals surface area (Å²) in [5, 5.41) is 41.7. The molecule has 400 valence electrons. The zero-order valence-corrected chi connectivity index (χ0v) is 44.8. The number of nitriles is 2. The minimum absolute atomic E-state index is 0.00176. The van der Waals surface area contributed by atoms with Crippen molar-refractivity contribution in [1.82, 2.24) is 59.5 Å². The maximum Gasteiger partial charge on any atom is 0.306 e. The number of anilines is 2. The summed E-state index contributed by atoms with van der Waals surface area (Å²) in [6.45, 7) is 20.6. The van der Waals surface area contributed by atoms with E-state index in [1.807, 2.05) is 48.5 Å². The lowest BCUT2D eigenvalue weighted by Crippen LogP contribution is -2.39. The number of nitrogen functional groups attached to an aromatic ring is 1. The summed E-state index contributed by atoms with van der Waals surface area (Å²) in [7, 11) is 0. The SMILES string of the molecule is CC(C)(C)CN(Cc1ccc(C#CCN2CCC(C(=O)Nn3cnnc3)CC2)cc1)c1ccnc(C#N)n1.CC(C)(C)CN(Cc1ccc(C#CCN2CCC(C(=O)O)CC2)cc1)c1ccnc(C#N)n1.Nn1cnnc1. The van der Waals surface area contributed by atoms with Gasteiger partial charge < -0.3 is 20.7 Å². The summed E-state index contributed by atoms with van der Waals surface area (Å²) in [5.74, 6) is 19.0. The third-order valence-corrected chi connectivity index (χ3v) is 12.2. The molecule has 0 spiro atoms. The number of nitrogens with zero attached hydrogens (tertiary/aromatic N) is 16. The molecular weight excluding hydrogens is 973 g/mol. The number of hydrogen-bond acceptors (Lipinski definition) is 17. The van der Waals surface area contributed by atoms with Gasteiger partial charge in [-0.25, -0.2) is 29.3 Å². The van der Waals surface area contributed by atoms with Crippen LogP contribution in [0, 0.1) is 69.0 Å². The maximum absolute atomic E-state index is 12.4. The van der Waals surface area contributed by atoms with Crippen LogP contribution < -0.4 is 21.1 Å². The van der Waals surface area contributed by atoms with E-state index in [0.29, 0.717) is 39.0 Å². The number of piperidine rings is 2. The van der Waals surface area contributed by atoms with Gasteiger partial charge >= 0.3 is 5.97 Å². The summed E-state index contributed by atoms with van der Waals surface area (Å²) in [5.41, 5.74) is 7.11. The Hall–Kier alpha value is -8.76. The smallest absolute Gasteiger partial charge is 0.306 e. The Morgan fingerprint density at radius 3 is 1.40 bits per heavy atom. The summed E-state index contributed by atoms with van der Waals surface area (Å²) < 4.78 is 2.76. The van der Waals surface area contributed by atoms with Crippen LogP contribution in [0.15, 0.2) is 98.4 Å². The van der Waals surface area contributed by atoms with Gasteiger partial charge in [0.1, 0.15) is 49.1 Å². The van der Waals surface area contributed by atoms with Crippen LogP contribution in [-0.2, 0) is 22.7 Å². The van der Waals surface area contributed by atoms with Crippen LogP contribution in [0.5, 0.6) is 0 Å². The van der Waals surface area contributed by atoms with Crippen molar-refractivity contribution in [3.05, 3.63) is 132 Å². The van der Waals surface area contributed by atoms with E-state index in [0.717, 1.165) is 86.0 Å². The minimum Gasteiger partial charge on any atom is -0.481 e. The van der Waals surface area contributed by atoms with Gasteiger partial charge in [0.25, 0.3) is 0 Å². The van der Waals surface area contributed by atoms with Crippen LogP contribution in [0.1, 0.15) is 101 Å². The first-order valence-electron chi connectivity index (χ1n) is 25.5. The predicted molar refractivity (Wildman–Crippen MR) is 292 cm³/mol. The number of carboxylic acids is 1. The van der Waals surface area contributed by atoms with Gasteiger partial charge in [-0.1, -0.05) is 89.5 Å². The molecule has 0 saturated carbocycles. The average Bonchev–Trinajstić information content (AvgIpc) is 4.14. The molecule has 4 aromatic heterocycles. The summed E-state index contributed by atoms with van der Waals surface area (Å²) in [4.78, 5) is 49.1. The first kappa shape index (κ1) is 57.5. The van der Waals surface area contributed by atoms with Gasteiger partial charge in [0.15, 0.2) is 0 Å². The number of aromatic nitrogens is 10. The number of carbonyl (C=O) groups is 2. The van der Waals surface area contributed by atoms with Crippen molar-refractivity contribution >= 4 is 23.5 Å². The monoisotopic (exact) mass is 1040 g/mol. The fourth-order valence-corrected chi connectivity index (χ4v) is 8.45. The second kappa shape index (κ2) is 28.2. The molecule has 8 rings (SSSR count). The molecular formula is C56H68N18O3. The number of rotatable bonds is 13. The fourth-order valence-electron chi connectivity index (χ4n) is 8.45. The van der Waals surface area contributed by atoms with Crippen molar-refractivity contribution in [2.75, 3.05) is 73.4 Å². The lowest BCUT2D eigenvalue weighted by molar-refractivity contribution is -0.143. The fraction of sp³-hybridized carbons (Fsp3) is 0.429. The van der Waals surface area contributed by atoms with E-state index in [1.165, 1.54) is 34.7 Å². The minimum atomic E-state index is -0.688. The number of benzene rings is 2. The van der Waals surface area contributed by atoms with Crippen LogP contribution >= 0.6 is 0 Å². The molecule has 0 atom stereocenters. The van der Waals surface area contributed by atoms with Gasteiger partial charge in [-0.15, -0.1) is 20.4 Å². The lowest BCUT2D eigenvalue weighted by Gasteiger charge is -2.31. The van der Waals surface area contributed by atoms with Crippen molar-refractivity contribution < 1.29 is 14.7 Å². The largest absolute Gasteiger partial charge is 0.481 e. The highest BCUT2D eigenvalue weighted by Gasteiger charge is 2.26. The molecule has 2 aliphatic heterocycles. The highest BCUT2D eigenvalue weighted by Crippen LogP contribution is 2.25. The Bertz CT molecular complexity index is 3010. The second-order valence-corrected chi connectivity index (χ2v) is 21.2. The lowest BCUT2D eigenvalue weighted by atomic mass is 9.95. The van der Waals surface area contributed by atoms with E-state index < -0.39 is 5.97 Å². The van der Waals surface area contributed by atoms with Crippen molar-refractivity contribution in [2.45, 2.75) is 80.3 Å². The van der Waals surface area contributed by atoms with Crippen LogP contribution in [0.25, 0.3) is 0 Å². The Morgan fingerprint density at radius 1 is 0.636 bits per heavy atom. The molecule has 77 heavy (non-hydrogen) atoms. The van der Waals surface area contributed by atoms with Crippen LogP contribution in [-0.4, -0.2) is 129 Å². The standard InChI is InChI=1S/C28H33N9O.C26H31N5O2.C2H4N4/c1-28(2,3)19-36(26-10-13-30-25(17-29)33-26)18-23-8-6-22(7-9-23)5-4-14-35-15-11-24(12-16-35)27(38)34-37-20-31-32-21-37;1-26(2,3)19-31(24-10-13-28-23(17-27)29-24)18-21-8-6-20(7-9-21)5-4-14-30-15-11-22(12-16-30)25(32)33;3-6-1-4-5-2-6/h6-10,13,20-21,24H,11-12,14-16,18-19H2,1-3H3,(H,34,38);6-10,13,22H,11-12,14-16,18-19H2,1-3H3,(H,32,33);1-2H,3H2. The van der Waals surface area contributed by atoms with Gasteiger partial charge in [0.2, 0.25) is 17.6 Å². The van der Waals surface area contributed by atoms with Gasteiger partial charge in [0.05, 0.1) is 19.0 Å². The molecule has 2 aromatic carbocycles. The van der Waals surface area contributed by atoms with Crippen molar-refractivity contribution in [1.29, 1.82) is 10.5 Å². The maximum atomic E-state index is 12.4. The van der Waals surface area contributed by atoms with E-state index in [2.05, 4.69) is 155 Å². The Morgan fingerprint density at radius 2 is 1.04 bits per heavy atom. The zero-order chi connectivity index (χ0) is 55.2. The number of nitrogens with one attached hydrogen (secondary N) is 1. The van der Waals surface area contributed by atoms with Gasteiger partial charge in [-0.3, -0.25) is 24.8 Å². The number of amides is 1.